The second-order valence-electron chi connectivity index (χ2n) is 4.39. The lowest BCUT2D eigenvalue weighted by Gasteiger charge is -2.04. The fraction of sp³-hybridized carbons (Fsp3) is 0.267. The van der Waals surface area contributed by atoms with Crippen LogP contribution in [0.5, 0.6) is 0 Å². The number of nitrogens with one attached hydrogen (secondary N) is 1. The van der Waals surface area contributed by atoms with Gasteiger partial charge in [0, 0.05) is 17.5 Å². The van der Waals surface area contributed by atoms with Gasteiger partial charge in [-0.05, 0) is 24.1 Å². The number of thioether (sulfide) groups is 1. The highest BCUT2D eigenvalue weighted by Crippen LogP contribution is 2.19. The lowest BCUT2D eigenvalue weighted by Crippen LogP contribution is -2.09. The number of rotatable bonds is 5. The molecule has 0 saturated heterocycles. The van der Waals surface area contributed by atoms with Crippen molar-refractivity contribution in [2.75, 3.05) is 0 Å². The first-order chi connectivity index (χ1) is 9.71. The normalized spacial score (nSPS) is 10.2. The van der Waals surface area contributed by atoms with Crippen molar-refractivity contribution >= 4 is 11.8 Å². The van der Waals surface area contributed by atoms with Crippen molar-refractivity contribution in [1.82, 2.24) is 9.97 Å². The van der Waals surface area contributed by atoms with E-state index in [2.05, 4.69) is 23.0 Å². The molecule has 0 amide bonds. The molecule has 2 aromatic rings. The highest BCUT2D eigenvalue weighted by Gasteiger charge is 2.03. The summed E-state index contributed by atoms with van der Waals surface area (Å²) in [6.07, 6.45) is 1.77. The molecule has 0 aliphatic rings. The lowest BCUT2D eigenvalue weighted by atomic mass is 10.2. The van der Waals surface area contributed by atoms with E-state index in [1.807, 2.05) is 18.2 Å². The molecular formula is C15H15N3OS. The first-order valence-corrected chi connectivity index (χ1v) is 7.42. The van der Waals surface area contributed by atoms with E-state index in [4.69, 9.17) is 5.26 Å². The SMILES string of the molecule is CCCc1cc(=O)[nH]c(SCc2cccc(C#N)c2)n1. The number of H-pyrrole nitrogens is 1. The maximum atomic E-state index is 11.5. The van der Waals surface area contributed by atoms with Crippen molar-refractivity contribution in [2.24, 2.45) is 0 Å². The summed E-state index contributed by atoms with van der Waals surface area (Å²) in [5, 5.41) is 9.49. The molecule has 0 aliphatic carbocycles. The number of benzene rings is 1. The van der Waals surface area contributed by atoms with E-state index < -0.39 is 0 Å². The Morgan fingerprint density at radius 1 is 1.40 bits per heavy atom. The number of hydrogen-bond acceptors (Lipinski definition) is 4. The van der Waals surface area contributed by atoms with Gasteiger partial charge in [0.05, 0.1) is 11.6 Å². The Bertz CT molecular complexity index is 688. The van der Waals surface area contributed by atoms with E-state index in [0.29, 0.717) is 16.5 Å². The van der Waals surface area contributed by atoms with Gasteiger partial charge in [-0.25, -0.2) is 4.98 Å². The number of aromatic amines is 1. The van der Waals surface area contributed by atoms with Crippen molar-refractivity contribution in [2.45, 2.75) is 30.7 Å². The summed E-state index contributed by atoms with van der Waals surface area (Å²) in [5.74, 6) is 0.675. The predicted octanol–water partition coefficient (Wildman–Crippen LogP) is 2.89. The van der Waals surface area contributed by atoms with E-state index in [1.54, 1.807) is 12.1 Å². The molecule has 0 fully saturated rings. The van der Waals surface area contributed by atoms with E-state index >= 15 is 0 Å². The Kier molecular flexibility index (Phi) is 4.97. The maximum Gasteiger partial charge on any atom is 0.251 e. The average molecular weight is 285 g/mol. The molecule has 0 atom stereocenters. The molecule has 0 aliphatic heterocycles. The van der Waals surface area contributed by atoms with Crippen LogP contribution in [0.15, 0.2) is 40.3 Å². The minimum absolute atomic E-state index is 0.114. The minimum atomic E-state index is -0.114. The van der Waals surface area contributed by atoms with Gasteiger partial charge in [0.25, 0.3) is 5.56 Å². The first-order valence-electron chi connectivity index (χ1n) is 6.43. The van der Waals surface area contributed by atoms with Crippen molar-refractivity contribution in [1.29, 1.82) is 5.26 Å². The second-order valence-corrected chi connectivity index (χ2v) is 5.36. The van der Waals surface area contributed by atoms with Crippen LogP contribution < -0.4 is 5.56 Å². The third-order valence-corrected chi connectivity index (χ3v) is 3.66. The fourth-order valence-electron chi connectivity index (χ4n) is 1.82. The number of nitriles is 1. The van der Waals surface area contributed by atoms with Crippen molar-refractivity contribution in [3.05, 3.63) is 57.5 Å². The molecule has 1 heterocycles. The van der Waals surface area contributed by atoms with Gasteiger partial charge < -0.3 is 4.98 Å². The smallest absolute Gasteiger partial charge is 0.251 e. The number of aryl methyl sites for hydroxylation is 1. The molecule has 5 heteroatoms. The van der Waals surface area contributed by atoms with Crippen LogP contribution in [0.3, 0.4) is 0 Å². The molecular weight excluding hydrogens is 270 g/mol. The average Bonchev–Trinajstić information content (AvgIpc) is 2.45. The molecule has 20 heavy (non-hydrogen) atoms. The Morgan fingerprint density at radius 3 is 3.00 bits per heavy atom. The molecule has 0 bridgehead atoms. The summed E-state index contributed by atoms with van der Waals surface area (Å²) in [7, 11) is 0. The Morgan fingerprint density at radius 2 is 2.25 bits per heavy atom. The van der Waals surface area contributed by atoms with E-state index in [0.717, 1.165) is 24.1 Å². The van der Waals surface area contributed by atoms with Crippen LogP contribution in [0.2, 0.25) is 0 Å². The number of aromatic nitrogens is 2. The highest BCUT2D eigenvalue weighted by molar-refractivity contribution is 7.98. The topological polar surface area (TPSA) is 69.5 Å². The zero-order valence-electron chi connectivity index (χ0n) is 11.2. The quantitative estimate of drug-likeness (QED) is 0.677. The van der Waals surface area contributed by atoms with Crippen molar-refractivity contribution in [3.8, 4) is 6.07 Å². The highest BCUT2D eigenvalue weighted by atomic mass is 32.2. The molecule has 1 aromatic heterocycles. The van der Waals surface area contributed by atoms with Crippen molar-refractivity contribution < 1.29 is 0 Å². The van der Waals surface area contributed by atoms with Crippen LogP contribution in [0.1, 0.15) is 30.2 Å². The molecule has 0 radical (unpaired) electrons. The van der Waals surface area contributed by atoms with Crippen LogP contribution in [-0.4, -0.2) is 9.97 Å². The van der Waals surface area contributed by atoms with Crippen LogP contribution in [0.25, 0.3) is 0 Å². The van der Waals surface area contributed by atoms with Crippen LogP contribution >= 0.6 is 11.8 Å². The van der Waals surface area contributed by atoms with E-state index in [9.17, 15) is 4.79 Å². The van der Waals surface area contributed by atoms with Gasteiger partial charge in [0.1, 0.15) is 0 Å². The maximum absolute atomic E-state index is 11.5. The zero-order valence-corrected chi connectivity index (χ0v) is 12.0. The largest absolute Gasteiger partial charge is 0.301 e. The van der Waals surface area contributed by atoms with E-state index in [-0.39, 0.29) is 5.56 Å². The number of hydrogen-bond donors (Lipinski definition) is 1. The fourth-order valence-corrected chi connectivity index (χ4v) is 2.66. The van der Waals surface area contributed by atoms with Gasteiger partial charge in [-0.3, -0.25) is 4.79 Å². The predicted molar refractivity (Wildman–Crippen MR) is 79.6 cm³/mol. The molecule has 4 nitrogen and oxygen atoms in total. The van der Waals surface area contributed by atoms with Gasteiger partial charge in [0.2, 0.25) is 0 Å². The van der Waals surface area contributed by atoms with Gasteiger partial charge in [0.15, 0.2) is 5.16 Å². The van der Waals surface area contributed by atoms with Crippen LogP contribution in [0, 0.1) is 11.3 Å². The minimum Gasteiger partial charge on any atom is -0.301 e. The molecule has 102 valence electrons. The molecule has 0 unspecified atom stereocenters. The van der Waals surface area contributed by atoms with Gasteiger partial charge in [-0.1, -0.05) is 37.2 Å². The summed E-state index contributed by atoms with van der Waals surface area (Å²) in [4.78, 5) is 18.7. The third kappa shape index (κ3) is 3.97. The molecule has 2 rings (SSSR count). The zero-order chi connectivity index (χ0) is 14.4. The molecule has 1 aromatic carbocycles. The summed E-state index contributed by atoms with van der Waals surface area (Å²) >= 11 is 1.47. The van der Waals surface area contributed by atoms with E-state index in [1.165, 1.54) is 11.8 Å². The van der Waals surface area contributed by atoms with Crippen molar-refractivity contribution in [3.63, 3.8) is 0 Å². The standard InChI is InChI=1S/C15H15N3OS/c1-2-4-13-8-14(19)18-15(17-13)20-10-12-6-3-5-11(7-12)9-16/h3,5-8H,2,4,10H2,1H3,(H,17,18,19). The van der Waals surface area contributed by atoms with Gasteiger partial charge >= 0.3 is 0 Å². The third-order valence-electron chi connectivity index (χ3n) is 2.71. The van der Waals surface area contributed by atoms with Gasteiger partial charge in [-0.15, -0.1) is 0 Å². The summed E-state index contributed by atoms with van der Waals surface area (Å²) in [6, 6.07) is 11.1. The Balaban J connectivity index is 2.10. The monoisotopic (exact) mass is 285 g/mol. The van der Waals surface area contributed by atoms with Crippen LogP contribution in [0.4, 0.5) is 0 Å². The summed E-state index contributed by atoms with van der Waals surface area (Å²) in [5.41, 5.74) is 2.39. The lowest BCUT2D eigenvalue weighted by molar-refractivity contribution is 0.816. The Hall–Kier alpha value is -2.06. The summed E-state index contributed by atoms with van der Waals surface area (Å²) in [6.45, 7) is 2.06. The molecule has 1 N–H and O–H groups in total. The summed E-state index contributed by atoms with van der Waals surface area (Å²) < 4.78 is 0. The van der Waals surface area contributed by atoms with Gasteiger partial charge in [-0.2, -0.15) is 5.26 Å². The number of nitrogens with zero attached hydrogens (tertiary/aromatic N) is 2. The second kappa shape index (κ2) is 6.92. The molecule has 0 saturated carbocycles. The first kappa shape index (κ1) is 14.4. The molecule has 0 spiro atoms. The Labute approximate surface area is 121 Å². The van der Waals surface area contributed by atoms with Crippen LogP contribution in [-0.2, 0) is 12.2 Å².